The molecular weight excluding hydrogens is 342 g/mol. The fraction of sp³-hybridized carbons (Fsp3) is 0.143. The lowest BCUT2D eigenvalue weighted by Crippen LogP contribution is -2.08. The van der Waals surface area contributed by atoms with E-state index in [1.807, 2.05) is 17.5 Å². The van der Waals surface area contributed by atoms with Gasteiger partial charge in [-0.05, 0) is 34.0 Å². The van der Waals surface area contributed by atoms with Gasteiger partial charge in [0.2, 0.25) is 5.16 Å². The molecule has 2 heterocycles. The minimum atomic E-state index is -0.867. The smallest absolute Gasteiger partial charge is 0.210 e. The maximum absolute atomic E-state index is 13.6. The highest BCUT2D eigenvalue weighted by molar-refractivity contribution is 7.99. The van der Waals surface area contributed by atoms with Gasteiger partial charge in [0.1, 0.15) is 11.6 Å². The summed E-state index contributed by atoms with van der Waals surface area (Å²) in [6.07, 6.45) is 0. The number of carbonyl (C=O) groups is 1. The number of carbonyl (C=O) groups excluding carboxylic acids is 1. The predicted molar refractivity (Wildman–Crippen MR) is 82.7 cm³/mol. The Kier molecular flexibility index (Phi) is 4.77. The van der Waals surface area contributed by atoms with Crippen molar-refractivity contribution in [3.63, 3.8) is 0 Å². The lowest BCUT2D eigenvalue weighted by Gasteiger charge is -2.04. The van der Waals surface area contributed by atoms with E-state index in [0.717, 1.165) is 28.8 Å². The molecule has 0 amide bonds. The first-order chi connectivity index (χ1) is 11.1. The molecule has 5 nitrogen and oxygen atoms in total. The number of Topliss-reactive ketones (excluding diaryl/α,β-unsaturated/α-hetero) is 1. The fourth-order valence-corrected chi connectivity index (χ4v) is 3.32. The van der Waals surface area contributed by atoms with Crippen molar-refractivity contribution in [3.8, 4) is 0 Å². The molecule has 3 aromatic rings. The molecule has 0 atom stereocenters. The third-order valence-electron chi connectivity index (χ3n) is 2.95. The largest absolute Gasteiger partial charge is 0.293 e. The van der Waals surface area contributed by atoms with E-state index in [0.29, 0.717) is 17.8 Å². The van der Waals surface area contributed by atoms with Crippen LogP contribution in [0.2, 0.25) is 0 Å². The Morgan fingerprint density at radius 3 is 2.91 bits per heavy atom. The molecule has 0 saturated heterocycles. The molecule has 118 valence electrons. The average Bonchev–Trinajstić information content (AvgIpc) is 3.17. The predicted octanol–water partition coefficient (Wildman–Crippen LogP) is 3.04. The average molecular weight is 352 g/mol. The molecule has 0 unspecified atom stereocenters. The van der Waals surface area contributed by atoms with Gasteiger partial charge in [0.15, 0.2) is 5.78 Å². The first-order valence-corrected chi connectivity index (χ1v) is 8.39. The Labute approximate surface area is 138 Å². The quantitative estimate of drug-likeness (QED) is 0.504. The summed E-state index contributed by atoms with van der Waals surface area (Å²) in [5.74, 6) is -2.06. The van der Waals surface area contributed by atoms with Crippen molar-refractivity contribution in [1.29, 1.82) is 0 Å². The van der Waals surface area contributed by atoms with Crippen LogP contribution in [0, 0.1) is 11.6 Å². The van der Waals surface area contributed by atoms with Gasteiger partial charge in [-0.15, -0.1) is 16.4 Å². The zero-order valence-electron chi connectivity index (χ0n) is 11.6. The van der Waals surface area contributed by atoms with Crippen LogP contribution >= 0.6 is 23.1 Å². The normalized spacial score (nSPS) is 10.9. The van der Waals surface area contributed by atoms with Crippen LogP contribution in [0.1, 0.15) is 15.2 Å². The van der Waals surface area contributed by atoms with Crippen molar-refractivity contribution in [2.24, 2.45) is 0 Å². The van der Waals surface area contributed by atoms with Crippen molar-refractivity contribution in [1.82, 2.24) is 20.2 Å². The molecule has 0 N–H and O–H groups in total. The highest BCUT2D eigenvalue weighted by Crippen LogP contribution is 2.19. The summed E-state index contributed by atoms with van der Waals surface area (Å²) in [7, 11) is 0. The Bertz CT molecular complexity index is 820. The molecule has 23 heavy (non-hydrogen) atoms. The maximum Gasteiger partial charge on any atom is 0.210 e. The second-order valence-corrected chi connectivity index (χ2v) is 6.51. The first kappa shape index (κ1) is 15.8. The van der Waals surface area contributed by atoms with Gasteiger partial charge in [0.25, 0.3) is 0 Å². The number of benzene rings is 1. The molecule has 0 aliphatic carbocycles. The minimum Gasteiger partial charge on any atom is -0.293 e. The van der Waals surface area contributed by atoms with Gasteiger partial charge in [0.05, 0.1) is 17.9 Å². The Morgan fingerprint density at radius 2 is 2.17 bits per heavy atom. The molecule has 0 saturated carbocycles. The number of ketones is 1. The Hall–Kier alpha value is -2.13. The molecule has 0 radical (unpaired) electrons. The summed E-state index contributed by atoms with van der Waals surface area (Å²) < 4.78 is 28.0. The number of nitrogens with zero attached hydrogens (tertiary/aromatic N) is 4. The van der Waals surface area contributed by atoms with E-state index in [9.17, 15) is 13.6 Å². The van der Waals surface area contributed by atoms with E-state index < -0.39 is 17.4 Å². The van der Waals surface area contributed by atoms with E-state index in [-0.39, 0.29) is 11.3 Å². The lowest BCUT2D eigenvalue weighted by molar-refractivity contribution is 0.101. The van der Waals surface area contributed by atoms with Crippen LogP contribution in [-0.4, -0.2) is 31.7 Å². The lowest BCUT2D eigenvalue weighted by atomic mass is 10.1. The van der Waals surface area contributed by atoms with Gasteiger partial charge in [-0.2, -0.15) is 0 Å². The van der Waals surface area contributed by atoms with Crippen molar-refractivity contribution in [3.05, 3.63) is 57.8 Å². The van der Waals surface area contributed by atoms with Gasteiger partial charge >= 0.3 is 0 Å². The molecule has 0 aliphatic heterocycles. The topological polar surface area (TPSA) is 60.7 Å². The zero-order valence-corrected chi connectivity index (χ0v) is 13.3. The van der Waals surface area contributed by atoms with E-state index in [1.54, 1.807) is 16.0 Å². The summed E-state index contributed by atoms with van der Waals surface area (Å²) in [6, 6.07) is 6.78. The van der Waals surface area contributed by atoms with Gasteiger partial charge < -0.3 is 0 Å². The number of thioether (sulfide) groups is 1. The molecule has 0 bridgehead atoms. The first-order valence-electron chi connectivity index (χ1n) is 6.53. The monoisotopic (exact) mass is 352 g/mol. The molecular formula is C14H10F2N4OS2. The maximum atomic E-state index is 13.6. The molecule has 0 spiro atoms. The van der Waals surface area contributed by atoms with Crippen LogP contribution in [0.5, 0.6) is 0 Å². The van der Waals surface area contributed by atoms with E-state index in [2.05, 4.69) is 15.5 Å². The van der Waals surface area contributed by atoms with E-state index in [1.165, 1.54) is 0 Å². The number of aromatic nitrogens is 4. The highest BCUT2D eigenvalue weighted by Gasteiger charge is 2.15. The standard InChI is InChI=1S/C14H10F2N4OS2/c15-9-3-4-11(12(16)6-9)13(21)8-23-14-17-18-19-20(14)7-10-2-1-5-22-10/h1-6H,7-8H2. The summed E-state index contributed by atoms with van der Waals surface area (Å²) in [4.78, 5) is 13.1. The molecule has 0 aliphatic rings. The molecule has 3 rings (SSSR count). The van der Waals surface area contributed by atoms with Crippen molar-refractivity contribution in [2.45, 2.75) is 11.7 Å². The summed E-state index contributed by atoms with van der Waals surface area (Å²) >= 11 is 2.69. The second-order valence-electron chi connectivity index (χ2n) is 4.53. The fourth-order valence-electron chi connectivity index (χ4n) is 1.87. The number of rotatable bonds is 6. The van der Waals surface area contributed by atoms with E-state index >= 15 is 0 Å². The number of halogens is 2. The Morgan fingerprint density at radius 1 is 1.30 bits per heavy atom. The summed E-state index contributed by atoms with van der Waals surface area (Å²) in [5, 5.41) is 13.8. The molecule has 0 fully saturated rings. The molecule has 1 aromatic carbocycles. The van der Waals surface area contributed by atoms with Crippen LogP contribution in [-0.2, 0) is 6.54 Å². The van der Waals surface area contributed by atoms with Crippen LogP contribution < -0.4 is 0 Å². The van der Waals surface area contributed by atoms with E-state index in [4.69, 9.17) is 0 Å². The van der Waals surface area contributed by atoms with Crippen LogP contribution in [0.4, 0.5) is 8.78 Å². The Balaban J connectivity index is 1.66. The van der Waals surface area contributed by atoms with Gasteiger partial charge in [0, 0.05) is 10.9 Å². The number of hydrogen-bond acceptors (Lipinski definition) is 6. The molecule has 9 heteroatoms. The van der Waals surface area contributed by atoms with Gasteiger partial charge in [-0.3, -0.25) is 4.79 Å². The number of thiophene rings is 1. The SMILES string of the molecule is O=C(CSc1nnnn1Cc1cccs1)c1ccc(F)cc1F. The van der Waals surface area contributed by atoms with Crippen molar-refractivity contribution < 1.29 is 13.6 Å². The van der Waals surface area contributed by atoms with Crippen molar-refractivity contribution in [2.75, 3.05) is 5.75 Å². The van der Waals surface area contributed by atoms with Crippen LogP contribution in [0.3, 0.4) is 0 Å². The highest BCUT2D eigenvalue weighted by atomic mass is 32.2. The van der Waals surface area contributed by atoms with Crippen LogP contribution in [0.15, 0.2) is 40.9 Å². The number of hydrogen-bond donors (Lipinski definition) is 0. The van der Waals surface area contributed by atoms with Crippen molar-refractivity contribution >= 4 is 28.9 Å². The summed E-state index contributed by atoms with van der Waals surface area (Å²) in [5.41, 5.74) is -0.142. The van der Waals surface area contributed by atoms with Gasteiger partial charge in [-0.1, -0.05) is 17.8 Å². The third-order valence-corrected chi connectivity index (χ3v) is 4.77. The zero-order chi connectivity index (χ0) is 16.2. The van der Waals surface area contributed by atoms with Crippen LogP contribution in [0.25, 0.3) is 0 Å². The number of tetrazole rings is 1. The minimum absolute atomic E-state index is 0.0344. The van der Waals surface area contributed by atoms with Gasteiger partial charge in [-0.25, -0.2) is 13.5 Å². The molecule has 2 aromatic heterocycles. The summed E-state index contributed by atoms with van der Waals surface area (Å²) in [6.45, 7) is 0.506. The second kappa shape index (κ2) is 6.97. The third kappa shape index (κ3) is 3.80.